The Bertz CT molecular complexity index is 590. The van der Waals surface area contributed by atoms with Gasteiger partial charge in [-0.1, -0.05) is 17.5 Å². The standard InChI is InChI=1S/C10H10ClFN2O2S/c1-2-3-4-14-17(15,16)9-6-7(13)5-8(11)10(9)12/h5-6,14H,4,13H2,1H3. The Kier molecular flexibility index (Phi) is 4.34. The molecule has 1 aromatic carbocycles. The van der Waals surface area contributed by atoms with Crippen LogP contribution in [0.2, 0.25) is 5.02 Å². The van der Waals surface area contributed by atoms with E-state index >= 15 is 0 Å². The number of benzene rings is 1. The number of nitrogens with two attached hydrogens (primary N) is 1. The Hall–Kier alpha value is -1.29. The van der Waals surface area contributed by atoms with Crippen molar-refractivity contribution in [2.75, 3.05) is 12.3 Å². The van der Waals surface area contributed by atoms with E-state index in [-0.39, 0.29) is 17.3 Å². The number of hydrogen-bond donors (Lipinski definition) is 2. The van der Waals surface area contributed by atoms with Crippen LogP contribution in [0.3, 0.4) is 0 Å². The summed E-state index contributed by atoms with van der Waals surface area (Å²) in [6.45, 7) is 1.46. The molecule has 0 aliphatic heterocycles. The lowest BCUT2D eigenvalue weighted by molar-refractivity contribution is 0.560. The van der Waals surface area contributed by atoms with Crippen molar-refractivity contribution in [3.05, 3.63) is 23.0 Å². The Labute approximate surface area is 104 Å². The Morgan fingerprint density at radius 3 is 2.76 bits per heavy atom. The van der Waals surface area contributed by atoms with Gasteiger partial charge in [0.25, 0.3) is 0 Å². The maximum Gasteiger partial charge on any atom is 0.244 e. The highest BCUT2D eigenvalue weighted by Crippen LogP contribution is 2.25. The Morgan fingerprint density at radius 2 is 2.18 bits per heavy atom. The van der Waals surface area contributed by atoms with E-state index in [0.717, 1.165) is 12.1 Å². The summed E-state index contributed by atoms with van der Waals surface area (Å²) in [4.78, 5) is -0.583. The highest BCUT2D eigenvalue weighted by atomic mass is 35.5. The molecule has 0 saturated heterocycles. The van der Waals surface area contributed by atoms with Crippen molar-refractivity contribution in [3.63, 3.8) is 0 Å². The highest BCUT2D eigenvalue weighted by Gasteiger charge is 2.21. The molecule has 0 aromatic heterocycles. The molecule has 0 amide bonds. The molecular formula is C10H10ClFN2O2S. The number of hydrogen-bond acceptors (Lipinski definition) is 3. The molecule has 0 heterocycles. The van der Waals surface area contributed by atoms with E-state index in [1.807, 2.05) is 0 Å². The number of anilines is 1. The van der Waals surface area contributed by atoms with Gasteiger partial charge in [0.15, 0.2) is 5.82 Å². The van der Waals surface area contributed by atoms with Crippen molar-refractivity contribution in [2.24, 2.45) is 0 Å². The van der Waals surface area contributed by atoms with E-state index in [4.69, 9.17) is 17.3 Å². The summed E-state index contributed by atoms with van der Waals surface area (Å²) in [5.74, 6) is 3.97. The molecule has 0 bridgehead atoms. The van der Waals surface area contributed by atoms with Crippen molar-refractivity contribution in [1.82, 2.24) is 4.72 Å². The predicted molar refractivity (Wildman–Crippen MR) is 64.5 cm³/mol. The molecule has 92 valence electrons. The Balaban J connectivity index is 3.18. The van der Waals surface area contributed by atoms with Gasteiger partial charge in [-0.2, -0.15) is 4.72 Å². The van der Waals surface area contributed by atoms with Crippen LogP contribution in [0.4, 0.5) is 10.1 Å². The molecule has 7 heteroatoms. The van der Waals surface area contributed by atoms with Crippen LogP contribution in [0.5, 0.6) is 0 Å². The molecule has 17 heavy (non-hydrogen) atoms. The molecule has 1 rings (SSSR count). The second-order valence-corrected chi connectivity index (χ2v) is 5.21. The smallest absolute Gasteiger partial charge is 0.244 e. The lowest BCUT2D eigenvalue weighted by Gasteiger charge is -2.07. The van der Waals surface area contributed by atoms with Gasteiger partial charge in [0.2, 0.25) is 10.0 Å². The van der Waals surface area contributed by atoms with Crippen molar-refractivity contribution in [1.29, 1.82) is 0 Å². The van der Waals surface area contributed by atoms with Gasteiger partial charge < -0.3 is 5.73 Å². The zero-order chi connectivity index (χ0) is 13.1. The maximum absolute atomic E-state index is 13.5. The summed E-state index contributed by atoms with van der Waals surface area (Å²) < 4.78 is 39.1. The van der Waals surface area contributed by atoms with Crippen LogP contribution in [0.15, 0.2) is 17.0 Å². The van der Waals surface area contributed by atoms with Gasteiger partial charge in [-0.05, 0) is 19.1 Å². The first-order valence-corrected chi connectivity index (χ1v) is 6.38. The van der Waals surface area contributed by atoms with Gasteiger partial charge in [-0.3, -0.25) is 0 Å². The topological polar surface area (TPSA) is 72.2 Å². The van der Waals surface area contributed by atoms with E-state index in [9.17, 15) is 12.8 Å². The third kappa shape index (κ3) is 3.33. The number of halogens is 2. The second-order valence-electron chi connectivity index (χ2n) is 3.07. The van der Waals surface area contributed by atoms with E-state index in [2.05, 4.69) is 16.6 Å². The van der Waals surface area contributed by atoms with E-state index < -0.39 is 20.7 Å². The van der Waals surface area contributed by atoms with Crippen LogP contribution < -0.4 is 10.5 Å². The molecule has 0 fully saturated rings. The molecule has 0 aliphatic rings. The van der Waals surface area contributed by atoms with Crippen molar-refractivity contribution in [3.8, 4) is 11.8 Å². The molecule has 0 radical (unpaired) electrons. The van der Waals surface area contributed by atoms with E-state index in [1.165, 1.54) is 0 Å². The number of sulfonamides is 1. The molecule has 0 spiro atoms. The zero-order valence-corrected chi connectivity index (χ0v) is 10.5. The number of nitrogen functional groups attached to an aromatic ring is 1. The summed E-state index contributed by atoms with van der Waals surface area (Å²) in [7, 11) is -4.00. The molecule has 3 N–H and O–H groups in total. The monoisotopic (exact) mass is 276 g/mol. The minimum Gasteiger partial charge on any atom is -0.399 e. The maximum atomic E-state index is 13.5. The quantitative estimate of drug-likeness (QED) is 0.647. The van der Waals surface area contributed by atoms with Gasteiger partial charge in [-0.15, -0.1) is 5.92 Å². The zero-order valence-electron chi connectivity index (χ0n) is 8.92. The van der Waals surface area contributed by atoms with Crippen molar-refractivity contribution >= 4 is 27.3 Å². The van der Waals surface area contributed by atoms with Crippen LogP contribution in [-0.4, -0.2) is 15.0 Å². The molecule has 4 nitrogen and oxygen atoms in total. The van der Waals surface area contributed by atoms with Gasteiger partial charge >= 0.3 is 0 Å². The van der Waals surface area contributed by atoms with Crippen LogP contribution in [0.1, 0.15) is 6.92 Å². The summed E-state index contributed by atoms with van der Waals surface area (Å²) in [6, 6.07) is 2.14. The Morgan fingerprint density at radius 1 is 1.53 bits per heavy atom. The fraction of sp³-hybridized carbons (Fsp3) is 0.200. The highest BCUT2D eigenvalue weighted by molar-refractivity contribution is 7.89. The minimum atomic E-state index is -4.00. The molecular weight excluding hydrogens is 267 g/mol. The molecule has 0 unspecified atom stereocenters. The first-order chi connectivity index (χ1) is 7.88. The van der Waals surface area contributed by atoms with Crippen LogP contribution in [0.25, 0.3) is 0 Å². The molecule has 1 aromatic rings. The fourth-order valence-corrected chi connectivity index (χ4v) is 2.42. The van der Waals surface area contributed by atoms with Crippen LogP contribution >= 0.6 is 11.6 Å². The predicted octanol–water partition coefficient (Wildman–Crippen LogP) is 1.36. The first-order valence-electron chi connectivity index (χ1n) is 4.52. The summed E-state index contributed by atoms with van der Waals surface area (Å²) in [6.07, 6.45) is 0. The van der Waals surface area contributed by atoms with Crippen molar-refractivity contribution < 1.29 is 12.8 Å². The normalized spacial score (nSPS) is 10.8. The average molecular weight is 277 g/mol. The lowest BCUT2D eigenvalue weighted by Crippen LogP contribution is -2.25. The van der Waals surface area contributed by atoms with Gasteiger partial charge in [-0.25, -0.2) is 12.8 Å². The SMILES string of the molecule is CC#CCNS(=O)(=O)c1cc(N)cc(Cl)c1F. The van der Waals surface area contributed by atoms with E-state index in [1.54, 1.807) is 6.92 Å². The van der Waals surface area contributed by atoms with Crippen LogP contribution in [0, 0.1) is 17.7 Å². The minimum absolute atomic E-state index is 0.0679. The van der Waals surface area contributed by atoms with Gasteiger partial charge in [0.1, 0.15) is 4.90 Å². The van der Waals surface area contributed by atoms with Gasteiger partial charge in [0.05, 0.1) is 11.6 Å². The summed E-state index contributed by atoms with van der Waals surface area (Å²) in [5, 5.41) is -0.341. The average Bonchev–Trinajstić information content (AvgIpc) is 2.23. The number of rotatable bonds is 3. The fourth-order valence-electron chi connectivity index (χ4n) is 1.08. The lowest BCUT2D eigenvalue weighted by atomic mass is 10.3. The molecule has 0 atom stereocenters. The summed E-state index contributed by atoms with van der Waals surface area (Å²) in [5.41, 5.74) is 5.48. The van der Waals surface area contributed by atoms with Crippen LogP contribution in [-0.2, 0) is 10.0 Å². The van der Waals surface area contributed by atoms with E-state index in [0.29, 0.717) is 0 Å². The van der Waals surface area contributed by atoms with Crippen molar-refractivity contribution in [2.45, 2.75) is 11.8 Å². The third-order valence-corrected chi connectivity index (χ3v) is 3.51. The number of nitrogens with one attached hydrogen (secondary N) is 1. The summed E-state index contributed by atoms with van der Waals surface area (Å²) >= 11 is 5.51. The second kappa shape index (κ2) is 5.36. The largest absolute Gasteiger partial charge is 0.399 e. The third-order valence-electron chi connectivity index (χ3n) is 1.83. The van der Waals surface area contributed by atoms with Gasteiger partial charge in [0, 0.05) is 5.69 Å². The first kappa shape index (κ1) is 13.8. The molecule has 0 aliphatic carbocycles. The molecule has 0 saturated carbocycles.